The lowest BCUT2D eigenvalue weighted by molar-refractivity contribution is -0.152. The number of carbonyl (C=O) groups excluding carboxylic acids is 1. The number of methoxy groups -OCH3 is 1. The van der Waals surface area contributed by atoms with E-state index >= 15 is 0 Å². The van der Waals surface area contributed by atoms with E-state index in [1.54, 1.807) is 0 Å². The van der Waals surface area contributed by atoms with Crippen LogP contribution >= 0.6 is 0 Å². The molecule has 0 saturated carbocycles. The number of nitrogens with zero attached hydrogens (tertiary/aromatic N) is 3. The zero-order chi connectivity index (χ0) is 14.5. The van der Waals surface area contributed by atoms with Gasteiger partial charge in [0.15, 0.2) is 0 Å². The van der Waals surface area contributed by atoms with Crippen molar-refractivity contribution in [1.29, 1.82) is 5.26 Å². The Balaban J connectivity index is 2.47. The highest BCUT2D eigenvalue weighted by atomic mass is 16.5. The summed E-state index contributed by atoms with van der Waals surface area (Å²) in [4.78, 5) is 16.2. The molecule has 108 valence electrons. The van der Waals surface area contributed by atoms with Gasteiger partial charge in [-0.05, 0) is 20.3 Å². The lowest BCUT2D eigenvalue weighted by Crippen LogP contribution is -2.52. The number of hydrogen-bond donors (Lipinski definition) is 0. The van der Waals surface area contributed by atoms with Crippen LogP contribution in [0.25, 0.3) is 0 Å². The van der Waals surface area contributed by atoms with E-state index in [-0.39, 0.29) is 12.0 Å². The van der Waals surface area contributed by atoms with Crippen LogP contribution in [0, 0.1) is 16.7 Å². The van der Waals surface area contributed by atoms with Crippen LogP contribution in [0.15, 0.2) is 0 Å². The molecular weight excluding hydrogens is 242 g/mol. The molecule has 1 aliphatic heterocycles. The zero-order valence-corrected chi connectivity index (χ0v) is 12.5. The summed E-state index contributed by atoms with van der Waals surface area (Å²) in [6, 6.07) is 2.37. The molecule has 19 heavy (non-hydrogen) atoms. The summed E-state index contributed by atoms with van der Waals surface area (Å²) in [6.07, 6.45) is 0.865. The Kier molecular flexibility index (Phi) is 5.77. The largest absolute Gasteiger partial charge is 0.469 e. The summed E-state index contributed by atoms with van der Waals surface area (Å²) in [5, 5.41) is 9.07. The number of piperazine rings is 1. The van der Waals surface area contributed by atoms with Crippen LogP contribution in [0.3, 0.4) is 0 Å². The van der Waals surface area contributed by atoms with Crippen LogP contribution in [0.5, 0.6) is 0 Å². The monoisotopic (exact) mass is 267 g/mol. The van der Waals surface area contributed by atoms with Crippen molar-refractivity contribution in [2.24, 2.45) is 5.41 Å². The maximum absolute atomic E-state index is 11.7. The quantitative estimate of drug-likeness (QED) is 0.698. The minimum atomic E-state index is -0.476. The predicted molar refractivity (Wildman–Crippen MR) is 73.5 cm³/mol. The Morgan fingerprint density at radius 2 is 1.95 bits per heavy atom. The number of rotatable bonds is 5. The van der Waals surface area contributed by atoms with E-state index in [1.807, 2.05) is 20.8 Å². The summed E-state index contributed by atoms with van der Waals surface area (Å²) in [5.41, 5.74) is -0.476. The molecule has 1 heterocycles. The van der Waals surface area contributed by atoms with Gasteiger partial charge in [0.1, 0.15) is 0 Å². The van der Waals surface area contributed by atoms with Gasteiger partial charge in [-0.15, -0.1) is 0 Å². The SMILES string of the molecule is CCC(C#N)N1CCN(CC(C)(C)C(=O)OC)CC1. The number of carbonyl (C=O) groups is 1. The summed E-state index contributed by atoms with van der Waals surface area (Å²) in [6.45, 7) is 10.2. The van der Waals surface area contributed by atoms with Gasteiger partial charge in [0, 0.05) is 32.7 Å². The molecule has 1 unspecified atom stereocenters. The van der Waals surface area contributed by atoms with Crippen molar-refractivity contribution in [3.05, 3.63) is 0 Å². The van der Waals surface area contributed by atoms with Crippen molar-refractivity contribution in [2.75, 3.05) is 39.8 Å². The average Bonchev–Trinajstić information content (AvgIpc) is 2.40. The van der Waals surface area contributed by atoms with Crippen molar-refractivity contribution < 1.29 is 9.53 Å². The second-order valence-corrected chi connectivity index (χ2v) is 5.74. The lowest BCUT2D eigenvalue weighted by atomic mass is 9.92. The molecule has 0 aromatic rings. The molecule has 0 aliphatic carbocycles. The molecule has 1 atom stereocenters. The number of nitriles is 1. The van der Waals surface area contributed by atoms with Gasteiger partial charge in [0.2, 0.25) is 0 Å². The first kappa shape index (κ1) is 15.9. The van der Waals surface area contributed by atoms with E-state index in [4.69, 9.17) is 10.00 Å². The Labute approximate surface area is 116 Å². The Bertz CT molecular complexity index is 341. The van der Waals surface area contributed by atoms with Crippen LogP contribution in [0.4, 0.5) is 0 Å². The fraction of sp³-hybridized carbons (Fsp3) is 0.857. The van der Waals surface area contributed by atoms with Gasteiger partial charge in [0.25, 0.3) is 0 Å². The lowest BCUT2D eigenvalue weighted by Gasteiger charge is -2.39. The molecule has 1 rings (SSSR count). The maximum Gasteiger partial charge on any atom is 0.312 e. The van der Waals surface area contributed by atoms with Crippen LogP contribution in [0.2, 0.25) is 0 Å². The molecule has 1 aliphatic rings. The highest BCUT2D eigenvalue weighted by molar-refractivity contribution is 5.76. The zero-order valence-electron chi connectivity index (χ0n) is 12.5. The molecule has 0 aromatic carbocycles. The van der Waals surface area contributed by atoms with Crippen LogP contribution in [-0.4, -0.2) is 61.6 Å². The third-order valence-corrected chi connectivity index (χ3v) is 3.74. The minimum absolute atomic E-state index is 0.0239. The van der Waals surface area contributed by atoms with Gasteiger partial charge in [-0.3, -0.25) is 14.6 Å². The smallest absolute Gasteiger partial charge is 0.312 e. The summed E-state index contributed by atoms with van der Waals surface area (Å²) < 4.78 is 4.83. The third kappa shape index (κ3) is 4.19. The highest BCUT2D eigenvalue weighted by Gasteiger charge is 2.33. The Morgan fingerprint density at radius 3 is 2.37 bits per heavy atom. The van der Waals surface area contributed by atoms with E-state index in [2.05, 4.69) is 15.9 Å². The van der Waals surface area contributed by atoms with Crippen LogP contribution in [-0.2, 0) is 9.53 Å². The van der Waals surface area contributed by atoms with Gasteiger partial charge in [-0.25, -0.2) is 0 Å². The standard InChI is InChI=1S/C14H25N3O2/c1-5-12(10-15)17-8-6-16(7-9-17)11-14(2,3)13(18)19-4/h12H,5-9,11H2,1-4H3. The van der Waals surface area contributed by atoms with Gasteiger partial charge < -0.3 is 4.74 Å². The fourth-order valence-corrected chi connectivity index (χ4v) is 2.56. The van der Waals surface area contributed by atoms with Gasteiger partial charge in [-0.1, -0.05) is 6.92 Å². The van der Waals surface area contributed by atoms with E-state index in [1.165, 1.54) is 7.11 Å². The topological polar surface area (TPSA) is 56.6 Å². The summed E-state index contributed by atoms with van der Waals surface area (Å²) in [7, 11) is 1.43. The van der Waals surface area contributed by atoms with Crippen molar-refractivity contribution >= 4 is 5.97 Å². The Hall–Kier alpha value is -1.12. The van der Waals surface area contributed by atoms with Gasteiger partial charge >= 0.3 is 5.97 Å². The summed E-state index contributed by atoms with van der Waals surface area (Å²) >= 11 is 0. The second-order valence-electron chi connectivity index (χ2n) is 5.74. The van der Waals surface area contributed by atoms with E-state index in [0.717, 1.165) is 32.6 Å². The van der Waals surface area contributed by atoms with Crippen molar-refractivity contribution in [3.8, 4) is 6.07 Å². The minimum Gasteiger partial charge on any atom is -0.469 e. The second kappa shape index (κ2) is 6.88. The van der Waals surface area contributed by atoms with Gasteiger partial charge in [-0.2, -0.15) is 5.26 Å². The first-order valence-corrected chi connectivity index (χ1v) is 6.89. The maximum atomic E-state index is 11.7. The molecular formula is C14H25N3O2. The molecule has 0 N–H and O–H groups in total. The molecule has 0 spiro atoms. The van der Waals surface area contributed by atoms with E-state index in [9.17, 15) is 4.79 Å². The first-order chi connectivity index (χ1) is 8.94. The average molecular weight is 267 g/mol. The van der Waals surface area contributed by atoms with Crippen LogP contribution < -0.4 is 0 Å². The fourth-order valence-electron chi connectivity index (χ4n) is 2.56. The molecule has 0 amide bonds. The third-order valence-electron chi connectivity index (χ3n) is 3.74. The highest BCUT2D eigenvalue weighted by Crippen LogP contribution is 2.20. The van der Waals surface area contributed by atoms with Crippen molar-refractivity contribution in [1.82, 2.24) is 9.80 Å². The van der Waals surface area contributed by atoms with E-state index in [0.29, 0.717) is 6.54 Å². The van der Waals surface area contributed by atoms with Crippen LogP contribution in [0.1, 0.15) is 27.2 Å². The molecule has 1 fully saturated rings. The van der Waals surface area contributed by atoms with Gasteiger partial charge in [0.05, 0.1) is 24.6 Å². The first-order valence-electron chi connectivity index (χ1n) is 6.89. The number of hydrogen-bond acceptors (Lipinski definition) is 5. The molecule has 0 radical (unpaired) electrons. The number of ether oxygens (including phenoxy) is 1. The van der Waals surface area contributed by atoms with E-state index < -0.39 is 5.41 Å². The molecule has 0 aromatic heterocycles. The molecule has 5 nitrogen and oxygen atoms in total. The number of esters is 1. The normalized spacial score (nSPS) is 19.7. The predicted octanol–water partition coefficient (Wildman–Crippen LogP) is 1.11. The Morgan fingerprint density at radius 1 is 1.37 bits per heavy atom. The summed E-state index contributed by atoms with van der Waals surface area (Å²) in [5.74, 6) is -0.168. The van der Waals surface area contributed by atoms with Crippen molar-refractivity contribution in [2.45, 2.75) is 33.2 Å². The molecule has 5 heteroatoms. The molecule has 1 saturated heterocycles. The molecule has 0 bridgehead atoms. The van der Waals surface area contributed by atoms with Crippen molar-refractivity contribution in [3.63, 3.8) is 0 Å².